The number of hydrogen-bond acceptors (Lipinski definition) is 4. The summed E-state index contributed by atoms with van der Waals surface area (Å²) in [6.45, 7) is 12.3. The van der Waals surface area contributed by atoms with Crippen molar-refractivity contribution in [2.45, 2.75) is 44.3 Å². The molecule has 4 heteroatoms. The van der Waals surface area contributed by atoms with Gasteiger partial charge in [-0.05, 0) is 224 Å². The van der Waals surface area contributed by atoms with E-state index < -0.39 is 10.8 Å². The molecule has 0 aliphatic heterocycles. The van der Waals surface area contributed by atoms with Crippen LogP contribution in [0.2, 0.25) is 0 Å². The number of anilines is 6. The third-order valence-electron chi connectivity index (χ3n) is 19.4. The molecular formula is C92H68N2S2. The lowest BCUT2D eigenvalue weighted by atomic mass is 9.67. The van der Waals surface area contributed by atoms with Crippen molar-refractivity contribution < 1.29 is 0 Å². The Kier molecular flexibility index (Phi) is 15.8. The molecule has 0 bridgehead atoms. The number of rotatable bonds is 17. The predicted molar refractivity (Wildman–Crippen MR) is 407 cm³/mol. The maximum absolute atomic E-state index is 3.96. The van der Waals surface area contributed by atoms with Crippen molar-refractivity contribution in [1.29, 1.82) is 0 Å². The second-order valence-corrected chi connectivity index (χ2v) is 27.3. The molecule has 0 aromatic heterocycles. The summed E-state index contributed by atoms with van der Waals surface area (Å²) in [6.07, 6.45) is 3.78. The van der Waals surface area contributed by atoms with Gasteiger partial charge in [0, 0.05) is 53.7 Å². The van der Waals surface area contributed by atoms with E-state index in [0.717, 1.165) is 56.4 Å². The highest BCUT2D eigenvalue weighted by Crippen LogP contribution is 2.60. The highest BCUT2D eigenvalue weighted by molar-refractivity contribution is 7.99. The van der Waals surface area contributed by atoms with Gasteiger partial charge in [0.25, 0.3) is 0 Å². The Morgan fingerprint density at radius 1 is 0.260 bits per heavy atom. The van der Waals surface area contributed by atoms with Gasteiger partial charge in [0.15, 0.2) is 0 Å². The van der Waals surface area contributed by atoms with Crippen LogP contribution in [-0.4, -0.2) is 0 Å². The minimum absolute atomic E-state index is 0.593. The molecule has 0 radical (unpaired) electrons. The second kappa shape index (κ2) is 25.3. The van der Waals surface area contributed by atoms with Gasteiger partial charge in [0.05, 0.1) is 10.8 Å². The zero-order valence-electron chi connectivity index (χ0n) is 53.6. The molecule has 0 N–H and O–H groups in total. The summed E-state index contributed by atoms with van der Waals surface area (Å²) < 4.78 is 0. The molecule has 2 unspecified atom stereocenters. The molecular weight excluding hydrogens is 1200 g/mol. The predicted octanol–water partition coefficient (Wildman–Crippen LogP) is 25.2. The highest BCUT2D eigenvalue weighted by Gasteiger charge is 2.48. The number of nitrogens with zero attached hydrogens (tertiary/aromatic N) is 2. The van der Waals surface area contributed by atoms with Crippen LogP contribution in [0.3, 0.4) is 0 Å². The van der Waals surface area contributed by atoms with Crippen LogP contribution >= 0.6 is 23.5 Å². The Morgan fingerprint density at radius 3 is 0.885 bits per heavy atom. The first-order valence-electron chi connectivity index (χ1n) is 32.8. The van der Waals surface area contributed by atoms with Crippen LogP contribution in [0.25, 0.3) is 45.5 Å². The van der Waals surface area contributed by atoms with Crippen LogP contribution in [0, 0.1) is 13.8 Å². The summed E-state index contributed by atoms with van der Waals surface area (Å²) in [5.41, 5.74) is 27.3. The van der Waals surface area contributed by atoms with Crippen molar-refractivity contribution in [3.05, 3.63) is 420 Å². The fourth-order valence-corrected chi connectivity index (χ4v) is 16.4. The summed E-state index contributed by atoms with van der Waals surface area (Å²) in [6, 6.07) is 126. The third kappa shape index (κ3) is 10.6. The van der Waals surface area contributed by atoms with E-state index in [1.807, 2.05) is 12.2 Å². The van der Waals surface area contributed by atoms with Gasteiger partial charge in [-0.1, -0.05) is 278 Å². The average Bonchev–Trinajstić information content (AvgIpc) is 1.53. The van der Waals surface area contributed by atoms with E-state index in [-0.39, 0.29) is 0 Å². The first-order chi connectivity index (χ1) is 47.3. The van der Waals surface area contributed by atoms with E-state index in [2.05, 4.69) is 377 Å². The maximum Gasteiger partial charge on any atom is 0.0714 e. The zero-order valence-corrected chi connectivity index (χ0v) is 55.2. The maximum atomic E-state index is 3.96. The zero-order chi connectivity index (χ0) is 64.7. The molecule has 14 aromatic rings. The second-order valence-electron chi connectivity index (χ2n) is 25.0. The van der Waals surface area contributed by atoms with Crippen molar-refractivity contribution >= 4 is 69.8 Å². The Morgan fingerprint density at radius 2 is 0.542 bits per heavy atom. The van der Waals surface area contributed by atoms with Crippen LogP contribution in [0.4, 0.5) is 34.1 Å². The summed E-state index contributed by atoms with van der Waals surface area (Å²) in [5, 5.41) is 0. The van der Waals surface area contributed by atoms with Gasteiger partial charge in [0.2, 0.25) is 0 Å². The van der Waals surface area contributed by atoms with Gasteiger partial charge in [-0.15, -0.1) is 0 Å². The molecule has 0 heterocycles. The van der Waals surface area contributed by atoms with E-state index in [1.165, 1.54) is 97.5 Å². The van der Waals surface area contributed by atoms with Gasteiger partial charge < -0.3 is 9.80 Å². The minimum atomic E-state index is -0.593. The molecule has 0 saturated carbocycles. The van der Waals surface area contributed by atoms with Crippen molar-refractivity contribution in [2.24, 2.45) is 0 Å². The van der Waals surface area contributed by atoms with Crippen molar-refractivity contribution in [2.75, 3.05) is 9.80 Å². The normalized spacial score (nSPS) is 14.8. The van der Waals surface area contributed by atoms with Gasteiger partial charge in [0.1, 0.15) is 0 Å². The van der Waals surface area contributed by atoms with Gasteiger partial charge in [-0.2, -0.15) is 0 Å². The van der Waals surface area contributed by atoms with Gasteiger partial charge >= 0.3 is 0 Å². The molecule has 14 aromatic carbocycles. The Hall–Kier alpha value is -11.1. The van der Waals surface area contributed by atoms with Crippen LogP contribution in [0.5, 0.6) is 0 Å². The smallest absolute Gasteiger partial charge is 0.0714 e. The Labute approximate surface area is 572 Å². The summed E-state index contributed by atoms with van der Waals surface area (Å²) in [5.74, 6) is 0. The molecule has 2 atom stereocenters. The van der Waals surface area contributed by atoms with Crippen LogP contribution in [0.1, 0.15) is 66.8 Å². The van der Waals surface area contributed by atoms with Crippen LogP contribution < -0.4 is 9.80 Å². The average molecular weight is 1270 g/mol. The van der Waals surface area contributed by atoms with Crippen molar-refractivity contribution in [1.82, 2.24) is 0 Å². The summed E-state index contributed by atoms with van der Waals surface area (Å²) in [7, 11) is 0. The third-order valence-corrected chi connectivity index (χ3v) is 21.5. The van der Waals surface area contributed by atoms with Gasteiger partial charge in [-0.25, -0.2) is 0 Å². The molecule has 16 rings (SSSR count). The lowest BCUT2D eigenvalue weighted by Crippen LogP contribution is -2.28. The molecule has 0 spiro atoms. The number of fused-ring (bicyclic) bond motifs is 6. The van der Waals surface area contributed by atoms with Gasteiger partial charge in [-0.3, -0.25) is 0 Å². The molecule has 96 heavy (non-hydrogen) atoms. The van der Waals surface area contributed by atoms with E-state index in [4.69, 9.17) is 0 Å². The molecule has 2 aliphatic rings. The molecule has 0 saturated heterocycles. The monoisotopic (exact) mass is 1260 g/mol. The Balaban J connectivity index is 0.755. The highest BCUT2D eigenvalue weighted by atomic mass is 32.2. The SMILES string of the molecule is C=Cc1ccc(Sc2ccc(C3(c4ccc(C)cc4)c4ccccc4-c4ccc(N(c5ccccc5)c5ccc(-c6ccc(N(c7ccccc7)c7ccc8c(c7)C(c7ccc(C)cc7)(c7ccc(Sc9ccc(C=C)cc9)cc7)c7ccccc7-8)cc6)cc5)cc43)cc2)cc1. The fraction of sp³-hybridized carbons (Fsp3) is 0.0435. The van der Waals surface area contributed by atoms with E-state index in [0.29, 0.717) is 0 Å². The fourth-order valence-electron chi connectivity index (χ4n) is 14.8. The molecule has 2 nitrogen and oxygen atoms in total. The first-order valence-corrected chi connectivity index (χ1v) is 34.5. The lowest BCUT2D eigenvalue weighted by molar-refractivity contribution is 0.766. The number of para-hydroxylation sites is 2. The number of benzene rings is 14. The molecule has 2 aliphatic carbocycles. The number of aryl methyl sites for hydroxylation is 2. The van der Waals surface area contributed by atoms with E-state index in [9.17, 15) is 0 Å². The minimum Gasteiger partial charge on any atom is -0.310 e. The van der Waals surface area contributed by atoms with Crippen molar-refractivity contribution in [3.8, 4) is 33.4 Å². The van der Waals surface area contributed by atoms with E-state index in [1.54, 1.807) is 23.5 Å². The van der Waals surface area contributed by atoms with Crippen molar-refractivity contribution in [3.63, 3.8) is 0 Å². The topological polar surface area (TPSA) is 6.48 Å². The molecule has 0 amide bonds. The quantitative estimate of drug-likeness (QED) is 0.0896. The van der Waals surface area contributed by atoms with Crippen LogP contribution in [0.15, 0.2) is 372 Å². The van der Waals surface area contributed by atoms with E-state index >= 15 is 0 Å². The standard InChI is InChI=1S/C92H68N2S2/c1-5-65-29-51-79(52-30-65)95-81-55-41-71(42-56-81)91(69-37-25-63(3)26-38-69)87-23-15-13-21-83(87)85-59-49-77(61-89(85)91)93(73-17-9-7-10-18-73)75-45-33-67(34-46-75)68-35-47-76(48-36-68)94(74-19-11-8-12-20-74)78-50-60-86-84-22-14-16-24-88(84)92(90(86)62-78,70-39-27-64(4)28-40-70)72-43-57-82(58-44-72)96-80-53-31-66(6-2)32-54-80/h5-62H,1-2H2,3-4H3. The number of hydrogen-bond donors (Lipinski definition) is 0. The summed E-state index contributed by atoms with van der Waals surface area (Å²) in [4.78, 5) is 9.59. The first kappa shape index (κ1) is 59.8. The molecule has 458 valence electrons. The Bertz CT molecular complexity index is 4830. The summed E-state index contributed by atoms with van der Waals surface area (Å²) >= 11 is 3.57. The lowest BCUT2D eigenvalue weighted by Gasteiger charge is -2.35. The van der Waals surface area contributed by atoms with Crippen LogP contribution in [-0.2, 0) is 10.8 Å². The largest absolute Gasteiger partial charge is 0.310 e. The molecule has 0 fully saturated rings.